The van der Waals surface area contributed by atoms with E-state index in [1.54, 1.807) is 12.1 Å². The van der Waals surface area contributed by atoms with E-state index in [0.29, 0.717) is 18.7 Å². The Balaban J connectivity index is 1.91. The van der Waals surface area contributed by atoms with Gasteiger partial charge in [-0.25, -0.2) is 8.42 Å². The quantitative estimate of drug-likeness (QED) is 0.891. The first-order valence-corrected chi connectivity index (χ1v) is 10.2. The number of carbonyl (C=O) groups excluding carboxylic acids is 1. The zero-order valence-corrected chi connectivity index (χ0v) is 16.2. The highest BCUT2D eigenvalue weighted by Gasteiger charge is 2.28. The van der Waals surface area contributed by atoms with Crippen molar-refractivity contribution in [3.05, 3.63) is 58.7 Å². The summed E-state index contributed by atoms with van der Waals surface area (Å²) in [4.78, 5) is 12.9. The molecule has 2 aromatic rings. The molecule has 1 saturated heterocycles. The number of benzene rings is 2. The zero-order valence-electron chi connectivity index (χ0n) is 15.4. The molecule has 2 aromatic carbocycles. The van der Waals surface area contributed by atoms with Gasteiger partial charge in [-0.05, 0) is 62.9 Å². The molecule has 1 N–H and O–H groups in total. The number of nitrogens with one attached hydrogen (secondary N) is 1. The summed E-state index contributed by atoms with van der Waals surface area (Å²) in [5.41, 5.74) is 3.94. The Morgan fingerprint density at radius 2 is 1.65 bits per heavy atom. The molecule has 0 bridgehead atoms. The molecule has 6 heteroatoms. The molecule has 1 fully saturated rings. The van der Waals surface area contributed by atoms with Crippen molar-refractivity contribution in [2.45, 2.75) is 38.5 Å². The average Bonchev–Trinajstić information content (AvgIpc) is 3.13. The standard InChI is InChI=1S/C20H24N2O3S/c1-14-6-9-19(16(3)12-14)21-20(23)18-13-17(8-7-15(18)2)26(24,25)22-10-4-5-11-22/h6-9,12-13H,4-5,10-11H2,1-3H3,(H,21,23). The zero-order chi connectivity index (χ0) is 18.9. The normalized spacial score (nSPS) is 15.2. The SMILES string of the molecule is Cc1ccc(NC(=O)c2cc(S(=O)(=O)N3CCCC3)ccc2C)c(C)c1. The second-order valence-electron chi connectivity index (χ2n) is 6.86. The lowest BCUT2D eigenvalue weighted by Crippen LogP contribution is -2.28. The molecule has 0 radical (unpaired) electrons. The number of rotatable bonds is 4. The summed E-state index contributed by atoms with van der Waals surface area (Å²) in [6.45, 7) is 6.82. The van der Waals surface area contributed by atoms with Gasteiger partial charge < -0.3 is 5.32 Å². The summed E-state index contributed by atoms with van der Waals surface area (Å²) < 4.78 is 27.0. The van der Waals surface area contributed by atoms with Crippen molar-refractivity contribution in [2.75, 3.05) is 18.4 Å². The number of amides is 1. The van der Waals surface area contributed by atoms with E-state index in [-0.39, 0.29) is 10.8 Å². The fraction of sp³-hybridized carbons (Fsp3) is 0.350. The monoisotopic (exact) mass is 372 g/mol. The molecule has 1 heterocycles. The molecular weight excluding hydrogens is 348 g/mol. The molecule has 1 aliphatic heterocycles. The van der Waals surface area contributed by atoms with Gasteiger partial charge in [0, 0.05) is 24.3 Å². The van der Waals surface area contributed by atoms with Crippen LogP contribution in [-0.4, -0.2) is 31.7 Å². The van der Waals surface area contributed by atoms with E-state index in [1.165, 1.54) is 10.4 Å². The van der Waals surface area contributed by atoms with Gasteiger partial charge in [-0.2, -0.15) is 4.31 Å². The van der Waals surface area contributed by atoms with Crippen molar-refractivity contribution in [1.29, 1.82) is 0 Å². The Morgan fingerprint density at radius 1 is 0.962 bits per heavy atom. The fourth-order valence-electron chi connectivity index (χ4n) is 3.23. The van der Waals surface area contributed by atoms with Gasteiger partial charge >= 0.3 is 0 Å². The van der Waals surface area contributed by atoms with E-state index in [0.717, 1.165) is 35.2 Å². The van der Waals surface area contributed by atoms with Crippen LogP contribution in [0.25, 0.3) is 0 Å². The highest BCUT2D eigenvalue weighted by molar-refractivity contribution is 7.89. The van der Waals surface area contributed by atoms with Crippen LogP contribution in [0, 0.1) is 20.8 Å². The van der Waals surface area contributed by atoms with Crippen LogP contribution in [0.2, 0.25) is 0 Å². The maximum atomic E-state index is 12.8. The van der Waals surface area contributed by atoms with E-state index in [4.69, 9.17) is 0 Å². The van der Waals surface area contributed by atoms with Crippen molar-refractivity contribution in [3.8, 4) is 0 Å². The van der Waals surface area contributed by atoms with Crippen LogP contribution in [0.1, 0.15) is 39.9 Å². The van der Waals surface area contributed by atoms with Crippen LogP contribution >= 0.6 is 0 Å². The third kappa shape index (κ3) is 3.66. The Kier molecular flexibility index (Phi) is 5.16. The molecule has 0 saturated carbocycles. The summed E-state index contributed by atoms with van der Waals surface area (Å²) >= 11 is 0. The van der Waals surface area contributed by atoms with Gasteiger partial charge in [0.05, 0.1) is 4.90 Å². The summed E-state index contributed by atoms with van der Waals surface area (Å²) in [6, 6.07) is 10.6. The van der Waals surface area contributed by atoms with Crippen LogP contribution in [0.3, 0.4) is 0 Å². The molecule has 26 heavy (non-hydrogen) atoms. The van der Waals surface area contributed by atoms with Crippen LogP contribution in [0.5, 0.6) is 0 Å². The molecular formula is C20H24N2O3S. The summed E-state index contributed by atoms with van der Waals surface area (Å²) in [7, 11) is -3.54. The minimum absolute atomic E-state index is 0.177. The first kappa shape index (κ1) is 18.6. The number of hydrogen-bond donors (Lipinski definition) is 1. The highest BCUT2D eigenvalue weighted by atomic mass is 32.2. The summed E-state index contributed by atoms with van der Waals surface area (Å²) in [5, 5.41) is 2.90. The molecule has 0 aliphatic carbocycles. The minimum atomic E-state index is -3.54. The van der Waals surface area contributed by atoms with Gasteiger partial charge in [-0.15, -0.1) is 0 Å². The van der Waals surface area contributed by atoms with Gasteiger partial charge in [0.25, 0.3) is 5.91 Å². The smallest absolute Gasteiger partial charge is 0.255 e. The molecule has 0 aromatic heterocycles. The number of anilines is 1. The third-order valence-corrected chi connectivity index (χ3v) is 6.68. The second-order valence-corrected chi connectivity index (χ2v) is 8.80. The number of hydrogen-bond acceptors (Lipinski definition) is 3. The lowest BCUT2D eigenvalue weighted by atomic mass is 10.1. The van der Waals surface area contributed by atoms with E-state index in [2.05, 4.69) is 5.32 Å². The van der Waals surface area contributed by atoms with E-state index < -0.39 is 10.0 Å². The summed E-state index contributed by atoms with van der Waals surface area (Å²) in [6.07, 6.45) is 1.76. The van der Waals surface area contributed by atoms with Crippen molar-refractivity contribution < 1.29 is 13.2 Å². The molecule has 0 unspecified atom stereocenters. The van der Waals surface area contributed by atoms with Gasteiger partial charge in [0.1, 0.15) is 0 Å². The molecule has 0 spiro atoms. The number of carbonyl (C=O) groups is 1. The lowest BCUT2D eigenvalue weighted by molar-refractivity contribution is 0.102. The predicted molar refractivity (Wildman–Crippen MR) is 103 cm³/mol. The third-order valence-electron chi connectivity index (χ3n) is 4.79. The maximum Gasteiger partial charge on any atom is 0.255 e. The van der Waals surface area contributed by atoms with E-state index in [9.17, 15) is 13.2 Å². The molecule has 0 atom stereocenters. The Bertz CT molecular complexity index is 946. The first-order chi connectivity index (χ1) is 12.3. The Morgan fingerprint density at radius 3 is 2.31 bits per heavy atom. The van der Waals surface area contributed by atoms with Crippen LogP contribution < -0.4 is 5.32 Å². The topological polar surface area (TPSA) is 66.5 Å². The molecule has 1 amide bonds. The molecule has 3 rings (SSSR count). The first-order valence-electron chi connectivity index (χ1n) is 8.78. The van der Waals surface area contributed by atoms with Crippen molar-refractivity contribution >= 4 is 21.6 Å². The maximum absolute atomic E-state index is 12.8. The Labute approximate surface area is 155 Å². The minimum Gasteiger partial charge on any atom is -0.322 e. The van der Waals surface area contributed by atoms with Crippen molar-refractivity contribution in [1.82, 2.24) is 4.31 Å². The number of aryl methyl sites for hydroxylation is 3. The van der Waals surface area contributed by atoms with Crippen LogP contribution in [0.4, 0.5) is 5.69 Å². The van der Waals surface area contributed by atoms with Gasteiger partial charge in [-0.3, -0.25) is 4.79 Å². The molecule has 138 valence electrons. The van der Waals surface area contributed by atoms with Crippen molar-refractivity contribution in [2.24, 2.45) is 0 Å². The van der Waals surface area contributed by atoms with E-state index in [1.807, 2.05) is 39.0 Å². The predicted octanol–water partition coefficient (Wildman–Crippen LogP) is 3.65. The fourth-order valence-corrected chi connectivity index (χ4v) is 4.77. The lowest BCUT2D eigenvalue weighted by Gasteiger charge is -2.17. The highest BCUT2D eigenvalue weighted by Crippen LogP contribution is 2.24. The average molecular weight is 372 g/mol. The largest absolute Gasteiger partial charge is 0.322 e. The second kappa shape index (κ2) is 7.21. The molecule has 1 aliphatic rings. The van der Waals surface area contributed by atoms with Crippen LogP contribution in [0.15, 0.2) is 41.3 Å². The van der Waals surface area contributed by atoms with E-state index >= 15 is 0 Å². The van der Waals surface area contributed by atoms with Crippen molar-refractivity contribution in [3.63, 3.8) is 0 Å². The number of nitrogens with zero attached hydrogens (tertiary/aromatic N) is 1. The number of sulfonamides is 1. The Hall–Kier alpha value is -2.18. The van der Waals surface area contributed by atoms with Gasteiger partial charge in [-0.1, -0.05) is 23.8 Å². The van der Waals surface area contributed by atoms with Gasteiger partial charge in [0.2, 0.25) is 10.0 Å². The summed E-state index contributed by atoms with van der Waals surface area (Å²) in [5.74, 6) is -0.298. The van der Waals surface area contributed by atoms with Gasteiger partial charge in [0.15, 0.2) is 0 Å². The van der Waals surface area contributed by atoms with Crippen LogP contribution in [-0.2, 0) is 10.0 Å². The molecule has 5 nitrogen and oxygen atoms in total.